The van der Waals surface area contributed by atoms with Crippen molar-refractivity contribution in [2.24, 2.45) is 0 Å². The molecule has 0 heterocycles. The van der Waals surface area contributed by atoms with Crippen LogP contribution < -0.4 is 14.8 Å². The Balaban J connectivity index is 1.63. The normalized spacial score (nSPS) is 10.5. The number of anilines is 1. The van der Waals surface area contributed by atoms with E-state index < -0.39 is 0 Å². The second kappa shape index (κ2) is 11.1. The van der Waals surface area contributed by atoms with Gasteiger partial charge < -0.3 is 14.8 Å². The average Bonchev–Trinajstić information content (AvgIpc) is 2.63. The third-order valence-electron chi connectivity index (χ3n) is 3.93. The van der Waals surface area contributed by atoms with Crippen molar-refractivity contribution in [3.63, 3.8) is 0 Å². The second-order valence-corrected chi connectivity index (χ2v) is 7.79. The summed E-state index contributed by atoms with van der Waals surface area (Å²) in [6.45, 7) is 4.64. The molecule has 0 atom stereocenters. The molecule has 0 unspecified atom stereocenters. The number of hydrogen-bond acceptors (Lipinski definition) is 4. The summed E-state index contributed by atoms with van der Waals surface area (Å²) in [5.74, 6) is 2.76. The van der Waals surface area contributed by atoms with E-state index in [0.717, 1.165) is 29.9 Å². The summed E-state index contributed by atoms with van der Waals surface area (Å²) in [7, 11) is 1.56. The molecular formula is C21H26ClNO3S. The smallest absolute Gasteiger partial charge is 0.234 e. The number of rotatable bonds is 10. The first kappa shape index (κ1) is 21.5. The lowest BCUT2D eigenvalue weighted by atomic mass is 10.2. The molecule has 2 aromatic rings. The molecule has 0 spiro atoms. The van der Waals surface area contributed by atoms with E-state index in [4.69, 9.17) is 21.1 Å². The number of halogens is 1. The molecule has 0 aliphatic carbocycles. The number of methoxy groups -OCH3 is 1. The molecule has 27 heavy (non-hydrogen) atoms. The fraction of sp³-hybridized carbons (Fsp3) is 0.381. The van der Waals surface area contributed by atoms with E-state index in [-0.39, 0.29) is 5.91 Å². The Morgan fingerprint density at radius 1 is 1.19 bits per heavy atom. The number of aryl methyl sites for hydroxylation is 2. The average molecular weight is 408 g/mol. The molecule has 4 nitrogen and oxygen atoms in total. The van der Waals surface area contributed by atoms with Crippen LogP contribution in [0.2, 0.25) is 5.02 Å². The number of hydrogen-bond donors (Lipinski definition) is 1. The Kier molecular flexibility index (Phi) is 8.82. The molecule has 1 amide bonds. The Labute approximate surface area is 170 Å². The van der Waals surface area contributed by atoms with Crippen LogP contribution in [0, 0.1) is 13.8 Å². The lowest BCUT2D eigenvalue weighted by molar-refractivity contribution is -0.113. The molecule has 6 heteroatoms. The standard InChI is InChI=1S/C21H26ClNO3S/c1-15-7-6-8-17(11-15)26-9-4-5-10-27-14-21(24)23-19-12-16(2)18(22)13-20(19)25-3/h6-8,11-13H,4-5,9-10,14H2,1-3H3,(H,23,24). The maximum absolute atomic E-state index is 12.1. The minimum Gasteiger partial charge on any atom is -0.495 e. The summed E-state index contributed by atoms with van der Waals surface area (Å²) < 4.78 is 11.0. The Morgan fingerprint density at radius 2 is 2.00 bits per heavy atom. The molecule has 0 aromatic heterocycles. The topological polar surface area (TPSA) is 47.6 Å². The molecule has 2 rings (SSSR count). The molecule has 0 aliphatic heterocycles. The van der Waals surface area contributed by atoms with Gasteiger partial charge in [-0.3, -0.25) is 4.79 Å². The fourth-order valence-electron chi connectivity index (χ4n) is 2.48. The van der Waals surface area contributed by atoms with Gasteiger partial charge in [0.2, 0.25) is 5.91 Å². The molecule has 2 aromatic carbocycles. The number of nitrogens with one attached hydrogen (secondary N) is 1. The summed E-state index contributed by atoms with van der Waals surface area (Å²) in [4.78, 5) is 12.1. The van der Waals surface area contributed by atoms with Gasteiger partial charge in [-0.1, -0.05) is 23.7 Å². The highest BCUT2D eigenvalue weighted by atomic mass is 35.5. The minimum atomic E-state index is -0.0453. The predicted molar refractivity (Wildman–Crippen MR) is 115 cm³/mol. The van der Waals surface area contributed by atoms with Crippen LogP contribution in [0.25, 0.3) is 0 Å². The van der Waals surface area contributed by atoms with Gasteiger partial charge in [-0.25, -0.2) is 0 Å². The lowest BCUT2D eigenvalue weighted by Gasteiger charge is -2.12. The lowest BCUT2D eigenvalue weighted by Crippen LogP contribution is -2.15. The maximum Gasteiger partial charge on any atom is 0.234 e. The van der Waals surface area contributed by atoms with Gasteiger partial charge in [0, 0.05) is 11.1 Å². The molecule has 0 bridgehead atoms. The summed E-state index contributed by atoms with van der Waals surface area (Å²) in [5, 5.41) is 3.51. The number of unbranched alkanes of at least 4 members (excludes halogenated alkanes) is 1. The van der Waals surface area contributed by atoms with Gasteiger partial charge in [0.15, 0.2) is 0 Å². The van der Waals surface area contributed by atoms with Gasteiger partial charge >= 0.3 is 0 Å². The first-order valence-corrected chi connectivity index (χ1v) is 10.4. The Bertz CT molecular complexity index is 767. The number of carbonyl (C=O) groups is 1. The fourth-order valence-corrected chi connectivity index (χ4v) is 3.45. The number of amides is 1. The quantitative estimate of drug-likeness (QED) is 0.528. The van der Waals surface area contributed by atoms with E-state index in [1.165, 1.54) is 5.56 Å². The first-order valence-electron chi connectivity index (χ1n) is 8.91. The van der Waals surface area contributed by atoms with Crippen LogP contribution in [-0.2, 0) is 4.79 Å². The molecule has 146 valence electrons. The zero-order valence-electron chi connectivity index (χ0n) is 16.0. The minimum absolute atomic E-state index is 0.0453. The molecule has 0 aliphatic rings. The van der Waals surface area contributed by atoms with Gasteiger partial charge in [-0.05, 0) is 61.8 Å². The third kappa shape index (κ3) is 7.35. The first-order chi connectivity index (χ1) is 13.0. The van der Waals surface area contributed by atoms with Crippen LogP contribution in [0.3, 0.4) is 0 Å². The highest BCUT2D eigenvalue weighted by Crippen LogP contribution is 2.31. The van der Waals surface area contributed by atoms with Crippen molar-refractivity contribution in [1.82, 2.24) is 0 Å². The van der Waals surface area contributed by atoms with Crippen molar-refractivity contribution in [3.8, 4) is 11.5 Å². The van der Waals surface area contributed by atoms with Gasteiger partial charge in [0.05, 0.1) is 25.2 Å². The zero-order chi connectivity index (χ0) is 19.6. The van der Waals surface area contributed by atoms with Gasteiger partial charge in [0.25, 0.3) is 0 Å². The number of benzene rings is 2. The van der Waals surface area contributed by atoms with Crippen molar-refractivity contribution < 1.29 is 14.3 Å². The van der Waals surface area contributed by atoms with Gasteiger partial charge in [0.1, 0.15) is 11.5 Å². The van der Waals surface area contributed by atoms with E-state index in [9.17, 15) is 4.79 Å². The molecule has 1 N–H and O–H groups in total. The summed E-state index contributed by atoms with van der Waals surface area (Å²) in [6, 6.07) is 11.6. The van der Waals surface area contributed by atoms with Crippen LogP contribution in [0.15, 0.2) is 36.4 Å². The zero-order valence-corrected chi connectivity index (χ0v) is 17.6. The van der Waals surface area contributed by atoms with Crippen LogP contribution in [0.5, 0.6) is 11.5 Å². The highest BCUT2D eigenvalue weighted by Gasteiger charge is 2.10. The largest absolute Gasteiger partial charge is 0.495 e. The van der Waals surface area contributed by atoms with E-state index >= 15 is 0 Å². The molecule has 0 saturated carbocycles. The van der Waals surface area contributed by atoms with E-state index in [1.807, 2.05) is 31.2 Å². The van der Waals surface area contributed by atoms with E-state index in [2.05, 4.69) is 18.3 Å². The number of ether oxygens (including phenoxy) is 2. The van der Waals surface area contributed by atoms with Crippen LogP contribution in [-0.4, -0.2) is 31.1 Å². The molecule has 0 fully saturated rings. The summed E-state index contributed by atoms with van der Waals surface area (Å²) in [6.07, 6.45) is 1.97. The van der Waals surface area contributed by atoms with Crippen molar-refractivity contribution in [2.75, 3.05) is 30.5 Å². The maximum atomic E-state index is 12.1. The second-order valence-electron chi connectivity index (χ2n) is 6.27. The van der Waals surface area contributed by atoms with Crippen molar-refractivity contribution in [2.45, 2.75) is 26.7 Å². The summed E-state index contributed by atoms with van der Waals surface area (Å²) >= 11 is 7.70. The van der Waals surface area contributed by atoms with E-state index in [1.54, 1.807) is 24.9 Å². The summed E-state index contributed by atoms with van der Waals surface area (Å²) in [5.41, 5.74) is 2.74. The Hall–Kier alpha value is -1.85. The molecule has 0 saturated heterocycles. The Morgan fingerprint density at radius 3 is 2.74 bits per heavy atom. The van der Waals surface area contributed by atoms with Crippen molar-refractivity contribution in [3.05, 3.63) is 52.5 Å². The third-order valence-corrected chi connectivity index (χ3v) is 5.38. The number of thioether (sulfide) groups is 1. The monoisotopic (exact) mass is 407 g/mol. The van der Waals surface area contributed by atoms with E-state index in [0.29, 0.717) is 28.8 Å². The SMILES string of the molecule is COc1cc(Cl)c(C)cc1NC(=O)CSCCCCOc1cccc(C)c1. The number of carbonyl (C=O) groups excluding carboxylic acids is 1. The van der Waals surface area contributed by atoms with Crippen LogP contribution in [0.4, 0.5) is 5.69 Å². The predicted octanol–water partition coefficient (Wildman–Crippen LogP) is 5.50. The van der Waals surface area contributed by atoms with Crippen molar-refractivity contribution >= 4 is 35.0 Å². The van der Waals surface area contributed by atoms with Gasteiger partial charge in [-0.15, -0.1) is 0 Å². The van der Waals surface area contributed by atoms with Crippen molar-refractivity contribution in [1.29, 1.82) is 0 Å². The molecular weight excluding hydrogens is 382 g/mol. The van der Waals surface area contributed by atoms with Crippen LogP contribution in [0.1, 0.15) is 24.0 Å². The van der Waals surface area contributed by atoms with Crippen LogP contribution >= 0.6 is 23.4 Å². The molecule has 0 radical (unpaired) electrons. The highest BCUT2D eigenvalue weighted by molar-refractivity contribution is 7.99. The van der Waals surface area contributed by atoms with Gasteiger partial charge in [-0.2, -0.15) is 11.8 Å².